The van der Waals surface area contributed by atoms with Crippen LogP contribution in [0, 0.1) is 10.1 Å². The zero-order valence-corrected chi connectivity index (χ0v) is 16.8. The molecule has 3 rings (SSSR count). The molecular formula is C19H21N5O4S. The van der Waals surface area contributed by atoms with E-state index >= 15 is 0 Å². The van der Waals surface area contributed by atoms with E-state index in [2.05, 4.69) is 15.5 Å². The van der Waals surface area contributed by atoms with Crippen molar-refractivity contribution in [2.24, 2.45) is 5.10 Å². The highest BCUT2D eigenvalue weighted by atomic mass is 32.2. The number of hydrogen-bond acceptors (Lipinski definition) is 6. The zero-order valence-electron chi connectivity index (χ0n) is 16.0. The molecule has 0 spiro atoms. The summed E-state index contributed by atoms with van der Waals surface area (Å²) in [6, 6.07) is 11.3. The zero-order chi connectivity index (χ0) is 21.0. The number of sulfonamides is 1. The Morgan fingerprint density at radius 1 is 1.21 bits per heavy atom. The van der Waals surface area contributed by atoms with Gasteiger partial charge in [0, 0.05) is 47.9 Å². The third-order valence-corrected chi connectivity index (χ3v) is 6.60. The van der Waals surface area contributed by atoms with Crippen LogP contribution in [0.4, 0.5) is 11.4 Å². The molecule has 0 saturated carbocycles. The summed E-state index contributed by atoms with van der Waals surface area (Å²) < 4.78 is 27.2. The van der Waals surface area contributed by atoms with Crippen molar-refractivity contribution in [2.75, 3.05) is 18.5 Å². The molecule has 0 aliphatic carbocycles. The predicted molar refractivity (Wildman–Crippen MR) is 113 cm³/mol. The van der Waals surface area contributed by atoms with Gasteiger partial charge in [0.1, 0.15) is 4.90 Å². The third kappa shape index (κ3) is 4.13. The number of anilines is 1. The number of H-pyrrole nitrogens is 1. The molecule has 0 fully saturated rings. The fourth-order valence-corrected chi connectivity index (χ4v) is 4.62. The van der Waals surface area contributed by atoms with Crippen molar-refractivity contribution in [3.05, 3.63) is 64.3 Å². The lowest BCUT2D eigenvalue weighted by Crippen LogP contribution is -2.31. The van der Waals surface area contributed by atoms with Gasteiger partial charge in [-0.1, -0.05) is 32.0 Å². The molecule has 152 valence electrons. The van der Waals surface area contributed by atoms with E-state index in [-0.39, 0.29) is 29.4 Å². The van der Waals surface area contributed by atoms with Crippen LogP contribution < -0.4 is 5.43 Å². The predicted octanol–water partition coefficient (Wildman–Crippen LogP) is 3.55. The van der Waals surface area contributed by atoms with Gasteiger partial charge in [-0.3, -0.25) is 15.5 Å². The lowest BCUT2D eigenvalue weighted by molar-refractivity contribution is -0.385. The Morgan fingerprint density at radius 3 is 2.62 bits per heavy atom. The van der Waals surface area contributed by atoms with Gasteiger partial charge in [0.2, 0.25) is 10.0 Å². The van der Waals surface area contributed by atoms with Crippen LogP contribution in [0.3, 0.4) is 0 Å². The summed E-state index contributed by atoms with van der Waals surface area (Å²) in [4.78, 5) is 13.5. The SMILES string of the molecule is CCN(CC)S(=O)(=O)c1cc([N+](=O)[O-])ccc1N/N=C/c1c[nH]c2ccccc12. The first kappa shape index (κ1) is 20.5. The molecule has 0 aliphatic heterocycles. The normalized spacial score (nSPS) is 12.1. The molecule has 0 amide bonds. The maximum absolute atomic E-state index is 13.0. The molecule has 1 aromatic heterocycles. The Hall–Kier alpha value is -3.24. The maximum Gasteiger partial charge on any atom is 0.270 e. The Kier molecular flexibility index (Phi) is 5.95. The lowest BCUT2D eigenvalue weighted by Gasteiger charge is -2.20. The summed E-state index contributed by atoms with van der Waals surface area (Å²) >= 11 is 0. The van der Waals surface area contributed by atoms with E-state index in [0.717, 1.165) is 22.5 Å². The number of fused-ring (bicyclic) bond motifs is 1. The number of aromatic amines is 1. The fraction of sp³-hybridized carbons (Fsp3) is 0.211. The largest absolute Gasteiger partial charge is 0.361 e. The summed E-state index contributed by atoms with van der Waals surface area (Å²) in [5.74, 6) is 0. The Bertz CT molecular complexity index is 1170. The second kappa shape index (κ2) is 8.41. The number of nitrogens with one attached hydrogen (secondary N) is 2. The smallest absolute Gasteiger partial charge is 0.270 e. The van der Waals surface area contributed by atoms with E-state index in [0.29, 0.717) is 0 Å². The minimum Gasteiger partial charge on any atom is -0.361 e. The summed E-state index contributed by atoms with van der Waals surface area (Å²) in [6.07, 6.45) is 3.35. The molecule has 0 saturated heterocycles. The van der Waals surface area contributed by atoms with Gasteiger partial charge in [0.15, 0.2) is 0 Å². The molecular weight excluding hydrogens is 394 g/mol. The number of nitrogens with zero attached hydrogens (tertiary/aromatic N) is 3. The molecule has 10 heteroatoms. The number of non-ortho nitro benzene ring substituents is 1. The van der Waals surface area contributed by atoms with Crippen LogP contribution in [0.5, 0.6) is 0 Å². The van der Waals surface area contributed by atoms with Gasteiger partial charge >= 0.3 is 0 Å². The number of para-hydroxylation sites is 1. The van der Waals surface area contributed by atoms with E-state index in [9.17, 15) is 18.5 Å². The second-order valence-electron chi connectivity index (χ2n) is 6.19. The highest BCUT2D eigenvalue weighted by molar-refractivity contribution is 7.89. The van der Waals surface area contributed by atoms with Gasteiger partial charge in [-0.05, 0) is 12.1 Å². The number of nitro benzene ring substituents is 1. The molecule has 2 aromatic carbocycles. The van der Waals surface area contributed by atoms with Crippen LogP contribution in [0.15, 0.2) is 58.7 Å². The molecule has 1 heterocycles. The number of aromatic nitrogens is 1. The highest BCUT2D eigenvalue weighted by Gasteiger charge is 2.27. The summed E-state index contributed by atoms with van der Waals surface area (Å²) in [7, 11) is -3.92. The molecule has 29 heavy (non-hydrogen) atoms. The van der Waals surface area contributed by atoms with Crippen LogP contribution in [0.25, 0.3) is 10.9 Å². The van der Waals surface area contributed by atoms with E-state index in [4.69, 9.17) is 0 Å². The number of rotatable bonds is 8. The third-order valence-electron chi connectivity index (χ3n) is 4.51. The summed E-state index contributed by atoms with van der Waals surface area (Å²) in [6.45, 7) is 3.92. The van der Waals surface area contributed by atoms with E-state index in [1.165, 1.54) is 16.4 Å². The number of hydrogen-bond donors (Lipinski definition) is 2. The van der Waals surface area contributed by atoms with Crippen LogP contribution in [0.1, 0.15) is 19.4 Å². The van der Waals surface area contributed by atoms with E-state index in [1.54, 1.807) is 26.3 Å². The molecule has 0 radical (unpaired) electrons. The summed E-state index contributed by atoms with van der Waals surface area (Å²) in [5, 5.41) is 16.3. The number of nitro groups is 1. The van der Waals surface area contributed by atoms with Crippen LogP contribution >= 0.6 is 0 Å². The molecule has 0 atom stereocenters. The average molecular weight is 415 g/mol. The topological polar surface area (TPSA) is 121 Å². The van der Waals surface area contributed by atoms with E-state index < -0.39 is 14.9 Å². The molecule has 9 nitrogen and oxygen atoms in total. The molecule has 2 N–H and O–H groups in total. The van der Waals surface area contributed by atoms with Crippen LogP contribution in [-0.2, 0) is 10.0 Å². The van der Waals surface area contributed by atoms with E-state index in [1.807, 2.05) is 24.3 Å². The Labute approximate surface area is 168 Å². The molecule has 0 bridgehead atoms. The van der Waals surface area contributed by atoms with Gasteiger partial charge in [-0.15, -0.1) is 0 Å². The van der Waals surface area contributed by atoms with Gasteiger partial charge < -0.3 is 4.98 Å². The molecule has 0 aliphatic rings. The van der Waals surface area contributed by atoms with Crippen molar-refractivity contribution < 1.29 is 13.3 Å². The summed E-state index contributed by atoms with van der Waals surface area (Å²) in [5.41, 5.74) is 4.36. The first-order valence-corrected chi connectivity index (χ1v) is 10.5. The van der Waals surface area contributed by atoms with Crippen molar-refractivity contribution in [2.45, 2.75) is 18.7 Å². The van der Waals surface area contributed by atoms with Gasteiger partial charge in [0.05, 0.1) is 16.8 Å². The number of hydrazone groups is 1. The Balaban J connectivity index is 1.97. The minimum atomic E-state index is -3.92. The minimum absolute atomic E-state index is 0.165. The average Bonchev–Trinajstić information content (AvgIpc) is 3.12. The number of benzene rings is 2. The lowest BCUT2D eigenvalue weighted by atomic mass is 10.2. The van der Waals surface area contributed by atoms with Crippen LogP contribution in [0.2, 0.25) is 0 Å². The molecule has 3 aromatic rings. The maximum atomic E-state index is 13.0. The Morgan fingerprint density at radius 2 is 1.93 bits per heavy atom. The van der Waals surface area contributed by atoms with Crippen molar-refractivity contribution in [1.82, 2.24) is 9.29 Å². The highest BCUT2D eigenvalue weighted by Crippen LogP contribution is 2.29. The van der Waals surface area contributed by atoms with Crippen molar-refractivity contribution in [3.8, 4) is 0 Å². The second-order valence-corrected chi connectivity index (χ2v) is 8.09. The first-order chi connectivity index (χ1) is 13.9. The van der Waals surface area contributed by atoms with Crippen molar-refractivity contribution in [3.63, 3.8) is 0 Å². The molecule has 0 unspecified atom stereocenters. The van der Waals surface area contributed by atoms with Crippen LogP contribution in [-0.4, -0.2) is 41.9 Å². The van der Waals surface area contributed by atoms with Gasteiger partial charge in [-0.2, -0.15) is 9.41 Å². The van der Waals surface area contributed by atoms with Crippen molar-refractivity contribution >= 4 is 38.5 Å². The quantitative estimate of drug-likeness (QED) is 0.331. The first-order valence-electron chi connectivity index (χ1n) is 9.02. The van der Waals surface area contributed by atoms with Gasteiger partial charge in [0.25, 0.3) is 5.69 Å². The van der Waals surface area contributed by atoms with Crippen molar-refractivity contribution in [1.29, 1.82) is 0 Å². The standard InChI is InChI=1S/C19H21N5O4S/c1-3-23(4-2)29(27,28)19-11-15(24(25)26)9-10-18(19)22-21-13-14-12-20-17-8-6-5-7-16(14)17/h5-13,20,22H,3-4H2,1-2H3/b21-13+. The van der Waals surface area contributed by atoms with Gasteiger partial charge in [-0.25, -0.2) is 8.42 Å². The fourth-order valence-electron chi connectivity index (χ4n) is 3.01. The monoisotopic (exact) mass is 415 g/mol.